The van der Waals surface area contributed by atoms with Gasteiger partial charge >= 0.3 is 6.16 Å². The topological polar surface area (TPSA) is 169 Å². The SMILES string of the molecule is O=C1CC(c2ccc(OC(O)(O)O)c(OC3(O)CCCC3)c2)C(O)(O)N1. The Hall–Kier alpha value is -1.95. The maximum Gasteiger partial charge on any atom is 0.453 e. The molecule has 1 aromatic carbocycles. The minimum Gasteiger partial charge on any atom is -0.459 e. The molecule has 1 aliphatic carbocycles. The molecule has 10 heteroatoms. The molecule has 0 spiro atoms. The Balaban J connectivity index is 1.95. The first-order valence-corrected chi connectivity index (χ1v) is 8.15. The van der Waals surface area contributed by atoms with Gasteiger partial charge in [0.2, 0.25) is 11.7 Å². The Morgan fingerprint density at radius 3 is 2.27 bits per heavy atom. The highest BCUT2D eigenvalue weighted by Gasteiger charge is 2.45. The summed E-state index contributed by atoms with van der Waals surface area (Å²) in [5.74, 6) is -5.98. The summed E-state index contributed by atoms with van der Waals surface area (Å²) < 4.78 is 10.2. The van der Waals surface area contributed by atoms with Crippen LogP contribution >= 0.6 is 0 Å². The van der Waals surface area contributed by atoms with Gasteiger partial charge in [0.05, 0.1) is 5.92 Å². The number of carbonyl (C=O) groups is 1. The molecule has 1 saturated carbocycles. The van der Waals surface area contributed by atoms with Crippen LogP contribution in [0.4, 0.5) is 0 Å². The summed E-state index contributed by atoms with van der Waals surface area (Å²) in [7, 11) is 0. The summed E-state index contributed by atoms with van der Waals surface area (Å²) in [6.45, 7) is 0. The summed E-state index contributed by atoms with van der Waals surface area (Å²) in [5, 5.41) is 59.5. The second kappa shape index (κ2) is 6.34. The molecule has 26 heavy (non-hydrogen) atoms. The standard InChI is InChI=1S/C16H21NO9/c18-13-8-10(15(20,21)17-13)9-3-4-11(26-16(22,23)24)12(7-9)25-14(19)5-1-2-6-14/h3-4,7,10,19-24H,1-2,5-6,8H2,(H,17,18). The Morgan fingerprint density at radius 1 is 1.08 bits per heavy atom. The van der Waals surface area contributed by atoms with Crippen molar-refractivity contribution in [3.63, 3.8) is 0 Å². The number of nitrogens with one attached hydrogen (secondary N) is 1. The second-order valence-electron chi connectivity index (χ2n) is 6.67. The average Bonchev–Trinajstić information content (AvgIpc) is 3.02. The number of hydrogen-bond donors (Lipinski definition) is 7. The molecule has 0 radical (unpaired) electrons. The smallest absolute Gasteiger partial charge is 0.453 e. The van der Waals surface area contributed by atoms with Crippen LogP contribution in [0.3, 0.4) is 0 Å². The van der Waals surface area contributed by atoms with Crippen LogP contribution < -0.4 is 14.8 Å². The first kappa shape index (κ1) is 18.8. The number of hydrogen-bond acceptors (Lipinski definition) is 9. The maximum absolute atomic E-state index is 11.5. The Morgan fingerprint density at radius 2 is 1.73 bits per heavy atom. The van der Waals surface area contributed by atoms with Crippen molar-refractivity contribution in [2.24, 2.45) is 0 Å². The van der Waals surface area contributed by atoms with E-state index in [1.54, 1.807) is 0 Å². The average molecular weight is 371 g/mol. The molecule has 144 valence electrons. The normalized spacial score (nSPS) is 24.4. The predicted octanol–water partition coefficient (Wildman–Crippen LogP) is -1.46. The van der Waals surface area contributed by atoms with E-state index in [-0.39, 0.29) is 23.5 Å². The van der Waals surface area contributed by atoms with Gasteiger partial charge in [0, 0.05) is 19.3 Å². The monoisotopic (exact) mass is 371 g/mol. The lowest BCUT2D eigenvalue weighted by Crippen LogP contribution is -2.44. The van der Waals surface area contributed by atoms with Crippen LogP contribution in [-0.2, 0) is 4.79 Å². The van der Waals surface area contributed by atoms with Crippen LogP contribution in [0, 0.1) is 0 Å². The molecule has 1 unspecified atom stereocenters. The molecule has 2 fully saturated rings. The highest BCUT2D eigenvalue weighted by Crippen LogP contribution is 2.41. The molecular formula is C16H21NO9. The fourth-order valence-electron chi connectivity index (χ4n) is 3.31. The molecule has 1 amide bonds. The molecule has 1 heterocycles. The highest BCUT2D eigenvalue weighted by molar-refractivity contribution is 5.80. The van der Waals surface area contributed by atoms with Gasteiger partial charge in [-0.3, -0.25) is 4.79 Å². The highest BCUT2D eigenvalue weighted by atomic mass is 16.9. The molecule has 0 bridgehead atoms. The number of ether oxygens (including phenoxy) is 2. The Kier molecular flexibility index (Phi) is 4.59. The van der Waals surface area contributed by atoms with Crippen LogP contribution in [-0.4, -0.2) is 54.4 Å². The van der Waals surface area contributed by atoms with Crippen LogP contribution in [0.1, 0.15) is 43.6 Å². The van der Waals surface area contributed by atoms with Crippen LogP contribution in [0.5, 0.6) is 11.5 Å². The molecule has 3 rings (SSSR count). The van der Waals surface area contributed by atoms with Crippen molar-refractivity contribution in [2.45, 2.75) is 55.9 Å². The zero-order valence-electron chi connectivity index (χ0n) is 13.8. The minimum atomic E-state index is -3.47. The van der Waals surface area contributed by atoms with Crippen LogP contribution in [0.15, 0.2) is 18.2 Å². The first-order chi connectivity index (χ1) is 12.0. The molecule has 2 aliphatic rings. The third-order valence-corrected chi connectivity index (χ3v) is 4.50. The van der Waals surface area contributed by atoms with E-state index in [1.807, 2.05) is 5.32 Å². The molecule has 1 saturated heterocycles. The summed E-state index contributed by atoms with van der Waals surface area (Å²) >= 11 is 0. The van der Waals surface area contributed by atoms with Crippen molar-refractivity contribution >= 4 is 5.91 Å². The zero-order chi connectivity index (χ0) is 19.2. The van der Waals surface area contributed by atoms with E-state index in [0.29, 0.717) is 12.8 Å². The lowest BCUT2D eigenvalue weighted by Gasteiger charge is -2.28. The fourth-order valence-corrected chi connectivity index (χ4v) is 3.31. The molecular weight excluding hydrogens is 350 g/mol. The van der Waals surface area contributed by atoms with Gasteiger partial charge in [-0.2, -0.15) is 0 Å². The van der Waals surface area contributed by atoms with Crippen LogP contribution in [0.25, 0.3) is 0 Å². The summed E-state index contributed by atoms with van der Waals surface area (Å²) in [4.78, 5) is 11.5. The van der Waals surface area contributed by atoms with E-state index in [2.05, 4.69) is 4.74 Å². The largest absolute Gasteiger partial charge is 0.459 e. The van der Waals surface area contributed by atoms with Crippen molar-refractivity contribution in [1.82, 2.24) is 5.32 Å². The van der Waals surface area contributed by atoms with E-state index in [9.17, 15) is 20.1 Å². The van der Waals surface area contributed by atoms with Crippen molar-refractivity contribution < 1.29 is 44.9 Å². The Labute approximate surface area is 148 Å². The quantitative estimate of drug-likeness (QED) is 0.306. The third-order valence-electron chi connectivity index (χ3n) is 4.50. The molecule has 0 aromatic heterocycles. The second-order valence-corrected chi connectivity index (χ2v) is 6.67. The predicted molar refractivity (Wildman–Crippen MR) is 83.2 cm³/mol. The van der Waals surface area contributed by atoms with Gasteiger partial charge in [-0.05, 0) is 30.5 Å². The van der Waals surface area contributed by atoms with E-state index in [0.717, 1.165) is 12.8 Å². The van der Waals surface area contributed by atoms with Crippen molar-refractivity contribution in [3.05, 3.63) is 23.8 Å². The van der Waals surface area contributed by atoms with Gasteiger partial charge in [0.25, 0.3) is 5.91 Å². The van der Waals surface area contributed by atoms with Gasteiger partial charge < -0.3 is 45.4 Å². The fraction of sp³-hybridized carbons (Fsp3) is 0.562. The van der Waals surface area contributed by atoms with Gasteiger partial charge in [-0.15, -0.1) is 0 Å². The lowest BCUT2D eigenvalue weighted by molar-refractivity contribution is -0.420. The number of amides is 1. The van der Waals surface area contributed by atoms with E-state index in [1.165, 1.54) is 18.2 Å². The number of aliphatic hydroxyl groups is 6. The Bertz CT molecular complexity index is 691. The molecule has 7 N–H and O–H groups in total. The first-order valence-electron chi connectivity index (χ1n) is 8.15. The van der Waals surface area contributed by atoms with E-state index < -0.39 is 29.7 Å². The summed E-state index contributed by atoms with van der Waals surface area (Å²) in [6.07, 6.45) is -1.53. The van der Waals surface area contributed by atoms with Crippen molar-refractivity contribution in [2.75, 3.05) is 0 Å². The van der Waals surface area contributed by atoms with Gasteiger partial charge in [-0.25, -0.2) is 0 Å². The molecule has 1 aliphatic heterocycles. The third kappa shape index (κ3) is 4.06. The lowest BCUT2D eigenvalue weighted by atomic mass is 9.94. The number of rotatable bonds is 5. The van der Waals surface area contributed by atoms with Gasteiger partial charge in [0.15, 0.2) is 11.5 Å². The molecule has 10 nitrogen and oxygen atoms in total. The summed E-state index contributed by atoms with van der Waals surface area (Å²) in [5.41, 5.74) is 0.275. The number of carbonyl (C=O) groups excluding carboxylic acids is 1. The van der Waals surface area contributed by atoms with Gasteiger partial charge in [-0.1, -0.05) is 6.07 Å². The molecule has 1 aromatic rings. The van der Waals surface area contributed by atoms with E-state index in [4.69, 9.17) is 20.1 Å². The number of benzene rings is 1. The minimum absolute atomic E-state index is 0.149. The van der Waals surface area contributed by atoms with Crippen molar-refractivity contribution in [3.8, 4) is 11.5 Å². The maximum atomic E-state index is 11.5. The van der Waals surface area contributed by atoms with E-state index >= 15 is 0 Å². The van der Waals surface area contributed by atoms with Crippen LogP contribution in [0.2, 0.25) is 0 Å². The summed E-state index contributed by atoms with van der Waals surface area (Å²) in [6, 6.07) is 3.82. The van der Waals surface area contributed by atoms with Gasteiger partial charge in [0.1, 0.15) is 0 Å². The molecule has 1 atom stereocenters. The zero-order valence-corrected chi connectivity index (χ0v) is 13.8. The van der Waals surface area contributed by atoms with Crippen molar-refractivity contribution in [1.29, 1.82) is 0 Å².